The van der Waals surface area contributed by atoms with Gasteiger partial charge in [-0.15, -0.1) is 0 Å². The molecule has 0 spiro atoms. The molecule has 1 heterocycles. The van der Waals surface area contributed by atoms with Crippen molar-refractivity contribution in [1.82, 2.24) is 4.98 Å². The molecule has 0 bridgehead atoms. The molecule has 0 aromatic carbocycles. The largest absolute Gasteiger partial charge is 0.321 e. The van der Waals surface area contributed by atoms with Crippen molar-refractivity contribution < 1.29 is 0 Å². The van der Waals surface area contributed by atoms with Gasteiger partial charge in [-0.05, 0) is 42.9 Å². The van der Waals surface area contributed by atoms with E-state index in [-0.39, 0.29) is 5.54 Å². The van der Waals surface area contributed by atoms with Gasteiger partial charge < -0.3 is 5.73 Å². The van der Waals surface area contributed by atoms with E-state index in [0.717, 1.165) is 18.8 Å². The Hall–Kier alpha value is -0.890. The van der Waals surface area contributed by atoms with Gasteiger partial charge in [-0.2, -0.15) is 0 Å². The van der Waals surface area contributed by atoms with Gasteiger partial charge in [0.15, 0.2) is 0 Å². The van der Waals surface area contributed by atoms with Crippen LogP contribution in [0.15, 0.2) is 18.5 Å². The minimum absolute atomic E-state index is 0.129. The molecule has 1 aliphatic rings. The van der Waals surface area contributed by atoms with Gasteiger partial charge in [0.05, 0.1) is 0 Å². The molecule has 1 aromatic rings. The van der Waals surface area contributed by atoms with E-state index < -0.39 is 0 Å². The van der Waals surface area contributed by atoms with Crippen LogP contribution in [-0.2, 0) is 5.54 Å². The van der Waals surface area contributed by atoms with Crippen LogP contribution in [0.5, 0.6) is 0 Å². The third-order valence-corrected chi connectivity index (χ3v) is 3.61. The van der Waals surface area contributed by atoms with Crippen LogP contribution in [0.2, 0.25) is 0 Å². The molecular formula is C13H20N2. The summed E-state index contributed by atoms with van der Waals surface area (Å²) in [6.45, 7) is 4.43. The van der Waals surface area contributed by atoms with Gasteiger partial charge in [0, 0.05) is 17.9 Å². The second-order valence-corrected chi connectivity index (χ2v) is 5.05. The first-order chi connectivity index (χ1) is 7.12. The molecule has 2 nitrogen and oxygen atoms in total. The molecule has 0 aliphatic heterocycles. The fourth-order valence-corrected chi connectivity index (χ4v) is 2.82. The van der Waals surface area contributed by atoms with Crippen molar-refractivity contribution in [3.63, 3.8) is 0 Å². The quantitative estimate of drug-likeness (QED) is 0.764. The van der Waals surface area contributed by atoms with Gasteiger partial charge in [0.2, 0.25) is 0 Å². The zero-order valence-corrected chi connectivity index (χ0v) is 9.66. The first-order valence-corrected chi connectivity index (χ1v) is 5.82. The minimum atomic E-state index is -0.129. The normalized spacial score (nSPS) is 31.5. The maximum Gasteiger partial charge on any atom is 0.0430 e. The van der Waals surface area contributed by atoms with Crippen LogP contribution >= 0.6 is 0 Å². The Balaban J connectivity index is 2.32. The number of nitrogens with two attached hydrogens (primary N) is 1. The summed E-state index contributed by atoms with van der Waals surface area (Å²) in [5.41, 5.74) is 8.93. The number of pyridine rings is 1. The van der Waals surface area contributed by atoms with Crippen LogP contribution in [0, 0.1) is 12.8 Å². The first kappa shape index (κ1) is 10.6. The van der Waals surface area contributed by atoms with Crippen LogP contribution < -0.4 is 5.73 Å². The highest BCUT2D eigenvalue weighted by Gasteiger charge is 2.33. The number of aryl methyl sites for hydroxylation is 1. The molecule has 2 unspecified atom stereocenters. The Bertz CT molecular complexity index is 348. The monoisotopic (exact) mass is 204 g/mol. The minimum Gasteiger partial charge on any atom is -0.321 e. The molecule has 82 valence electrons. The average molecular weight is 204 g/mol. The third kappa shape index (κ3) is 2.05. The van der Waals surface area contributed by atoms with E-state index in [1.54, 1.807) is 0 Å². The summed E-state index contributed by atoms with van der Waals surface area (Å²) in [6, 6.07) is 2.06. The Kier molecular flexibility index (Phi) is 2.79. The fourth-order valence-electron chi connectivity index (χ4n) is 2.82. The summed E-state index contributed by atoms with van der Waals surface area (Å²) >= 11 is 0. The molecule has 0 radical (unpaired) electrons. The second kappa shape index (κ2) is 3.93. The molecule has 0 amide bonds. The van der Waals surface area contributed by atoms with Crippen LogP contribution in [0.3, 0.4) is 0 Å². The van der Waals surface area contributed by atoms with E-state index in [0.29, 0.717) is 0 Å². The lowest BCUT2D eigenvalue weighted by Crippen LogP contribution is -2.41. The molecule has 1 aliphatic carbocycles. The van der Waals surface area contributed by atoms with Crippen molar-refractivity contribution in [2.24, 2.45) is 11.7 Å². The van der Waals surface area contributed by atoms with Crippen molar-refractivity contribution in [2.75, 3.05) is 0 Å². The maximum absolute atomic E-state index is 6.53. The predicted octanol–water partition coefficient (Wildman–Crippen LogP) is 2.75. The molecule has 1 aromatic heterocycles. The van der Waals surface area contributed by atoms with Gasteiger partial charge in [-0.1, -0.05) is 19.8 Å². The van der Waals surface area contributed by atoms with Crippen LogP contribution in [-0.4, -0.2) is 4.98 Å². The molecule has 2 N–H and O–H groups in total. The number of nitrogens with zero attached hydrogens (tertiary/aromatic N) is 1. The van der Waals surface area contributed by atoms with Crippen LogP contribution in [0.1, 0.15) is 43.7 Å². The van der Waals surface area contributed by atoms with Gasteiger partial charge in [-0.3, -0.25) is 4.98 Å². The highest BCUT2D eigenvalue weighted by atomic mass is 14.8. The van der Waals surface area contributed by atoms with E-state index in [1.165, 1.54) is 24.0 Å². The fraction of sp³-hybridized carbons (Fsp3) is 0.615. The Morgan fingerprint density at radius 2 is 2.33 bits per heavy atom. The summed E-state index contributed by atoms with van der Waals surface area (Å²) in [5.74, 6) is 0.739. The standard InChI is InChI=1S/C13H20N2/c1-10-4-3-6-13(14,8-10)12-9-15-7-5-11(12)2/h5,7,9-10H,3-4,6,8,14H2,1-2H3. The molecule has 15 heavy (non-hydrogen) atoms. The highest BCUT2D eigenvalue weighted by Crippen LogP contribution is 2.38. The van der Waals surface area contributed by atoms with Crippen molar-refractivity contribution in [3.8, 4) is 0 Å². The topological polar surface area (TPSA) is 38.9 Å². The zero-order chi connectivity index (χ0) is 10.9. The third-order valence-electron chi connectivity index (χ3n) is 3.61. The van der Waals surface area contributed by atoms with Gasteiger partial charge in [0.25, 0.3) is 0 Å². The Labute approximate surface area is 91.9 Å². The van der Waals surface area contributed by atoms with Crippen LogP contribution in [0.25, 0.3) is 0 Å². The van der Waals surface area contributed by atoms with Crippen molar-refractivity contribution >= 4 is 0 Å². The van der Waals surface area contributed by atoms with E-state index in [4.69, 9.17) is 5.73 Å². The number of aromatic nitrogens is 1. The Morgan fingerprint density at radius 1 is 1.53 bits per heavy atom. The molecular weight excluding hydrogens is 184 g/mol. The maximum atomic E-state index is 6.53. The van der Waals surface area contributed by atoms with Gasteiger partial charge in [0.1, 0.15) is 0 Å². The van der Waals surface area contributed by atoms with E-state index >= 15 is 0 Å². The number of hydrogen-bond acceptors (Lipinski definition) is 2. The molecule has 2 rings (SSSR count). The second-order valence-electron chi connectivity index (χ2n) is 5.05. The lowest BCUT2D eigenvalue weighted by Gasteiger charge is -2.37. The summed E-state index contributed by atoms with van der Waals surface area (Å²) in [5, 5.41) is 0. The van der Waals surface area contributed by atoms with Gasteiger partial charge >= 0.3 is 0 Å². The first-order valence-electron chi connectivity index (χ1n) is 5.82. The zero-order valence-electron chi connectivity index (χ0n) is 9.66. The summed E-state index contributed by atoms with van der Waals surface area (Å²) < 4.78 is 0. The average Bonchev–Trinajstić information content (AvgIpc) is 2.17. The summed E-state index contributed by atoms with van der Waals surface area (Å²) in [6.07, 6.45) is 8.55. The van der Waals surface area contributed by atoms with E-state index in [9.17, 15) is 0 Å². The lowest BCUT2D eigenvalue weighted by atomic mass is 9.72. The Morgan fingerprint density at radius 3 is 3.00 bits per heavy atom. The molecule has 1 saturated carbocycles. The highest BCUT2D eigenvalue weighted by molar-refractivity contribution is 5.29. The van der Waals surface area contributed by atoms with Crippen molar-refractivity contribution in [3.05, 3.63) is 29.6 Å². The van der Waals surface area contributed by atoms with E-state index in [2.05, 4.69) is 24.9 Å². The molecule has 2 heteroatoms. The predicted molar refractivity (Wildman–Crippen MR) is 62.5 cm³/mol. The smallest absolute Gasteiger partial charge is 0.0430 e. The van der Waals surface area contributed by atoms with Crippen molar-refractivity contribution in [1.29, 1.82) is 0 Å². The number of hydrogen-bond donors (Lipinski definition) is 1. The lowest BCUT2D eigenvalue weighted by molar-refractivity contribution is 0.238. The SMILES string of the molecule is Cc1ccncc1C1(N)CCCC(C)C1. The molecule has 0 saturated heterocycles. The summed E-state index contributed by atoms with van der Waals surface area (Å²) in [7, 11) is 0. The van der Waals surface area contributed by atoms with Crippen molar-refractivity contribution in [2.45, 2.75) is 45.1 Å². The summed E-state index contributed by atoms with van der Waals surface area (Å²) in [4.78, 5) is 4.21. The van der Waals surface area contributed by atoms with Gasteiger partial charge in [-0.25, -0.2) is 0 Å². The van der Waals surface area contributed by atoms with Crippen LogP contribution in [0.4, 0.5) is 0 Å². The van der Waals surface area contributed by atoms with E-state index in [1.807, 2.05) is 12.4 Å². The molecule has 1 fully saturated rings. The number of rotatable bonds is 1. The molecule has 2 atom stereocenters.